The highest BCUT2D eigenvalue weighted by Crippen LogP contribution is 2.07. The molecule has 0 amide bonds. The minimum absolute atomic E-state index is 0.150. The molecule has 0 bridgehead atoms. The molecule has 5 heteroatoms. The molecule has 100 valence electrons. The van der Waals surface area contributed by atoms with Crippen LogP contribution in [0.3, 0.4) is 0 Å². The van der Waals surface area contributed by atoms with E-state index in [2.05, 4.69) is 10.3 Å². The molecule has 0 aliphatic rings. The molecular weight excluding hydrogens is 232 g/mol. The molecule has 1 rings (SSSR count). The maximum atomic E-state index is 11.5. The Bertz CT molecular complexity index is 394. The minimum atomic E-state index is -0.386. The van der Waals surface area contributed by atoms with Crippen LogP contribution in [0.25, 0.3) is 0 Å². The summed E-state index contributed by atoms with van der Waals surface area (Å²) in [4.78, 5) is 15.7. The lowest BCUT2D eigenvalue weighted by Crippen LogP contribution is -2.29. The maximum Gasteiger partial charge on any atom is 0.339 e. The Balaban J connectivity index is 2.64. The molecule has 0 spiro atoms. The Morgan fingerprint density at radius 3 is 2.89 bits per heavy atom. The van der Waals surface area contributed by atoms with Crippen molar-refractivity contribution in [2.24, 2.45) is 0 Å². The highest BCUT2D eigenvalue weighted by atomic mass is 16.5. The molecule has 2 unspecified atom stereocenters. The number of aliphatic hydroxyl groups is 1. The van der Waals surface area contributed by atoms with Gasteiger partial charge in [-0.05, 0) is 32.4 Å². The van der Waals surface area contributed by atoms with Crippen LogP contribution in [-0.4, -0.2) is 35.3 Å². The molecule has 2 atom stereocenters. The van der Waals surface area contributed by atoms with Crippen molar-refractivity contribution < 1.29 is 14.6 Å². The number of nitrogens with zero attached hydrogens (tertiary/aromatic N) is 1. The predicted octanol–water partition coefficient (Wildman–Crippen LogP) is 1.12. The highest BCUT2D eigenvalue weighted by molar-refractivity contribution is 5.90. The first-order valence-electron chi connectivity index (χ1n) is 5.98. The third-order valence-electron chi connectivity index (χ3n) is 2.61. The van der Waals surface area contributed by atoms with Gasteiger partial charge in [-0.1, -0.05) is 0 Å². The fourth-order valence-corrected chi connectivity index (χ4v) is 1.74. The molecule has 1 heterocycles. The summed E-state index contributed by atoms with van der Waals surface area (Å²) < 4.78 is 4.70. The van der Waals surface area contributed by atoms with E-state index in [0.717, 1.165) is 0 Å². The Morgan fingerprint density at radius 2 is 2.28 bits per heavy atom. The Hall–Kier alpha value is -1.46. The van der Waals surface area contributed by atoms with Crippen molar-refractivity contribution in [2.75, 3.05) is 7.11 Å². The number of esters is 1. The summed E-state index contributed by atoms with van der Waals surface area (Å²) in [5, 5.41) is 12.5. The zero-order chi connectivity index (χ0) is 13.5. The minimum Gasteiger partial charge on any atom is -0.465 e. The fraction of sp³-hybridized carbons (Fsp3) is 0.538. The molecule has 0 fully saturated rings. The van der Waals surface area contributed by atoms with Gasteiger partial charge >= 0.3 is 5.97 Å². The lowest BCUT2D eigenvalue weighted by atomic mass is 10.1. The van der Waals surface area contributed by atoms with Gasteiger partial charge in [-0.2, -0.15) is 0 Å². The van der Waals surface area contributed by atoms with E-state index in [-0.39, 0.29) is 18.1 Å². The third-order valence-corrected chi connectivity index (χ3v) is 2.61. The van der Waals surface area contributed by atoms with E-state index >= 15 is 0 Å². The predicted molar refractivity (Wildman–Crippen MR) is 68.2 cm³/mol. The molecule has 0 saturated heterocycles. The molecular formula is C13H20N2O3. The number of carbonyl (C=O) groups excluding carboxylic acids is 1. The SMILES string of the molecule is COC(=O)c1cccnc1CNC(C)CC(C)O. The van der Waals surface area contributed by atoms with Gasteiger partial charge in [0.15, 0.2) is 0 Å². The molecule has 0 saturated carbocycles. The molecule has 18 heavy (non-hydrogen) atoms. The number of hydrogen-bond acceptors (Lipinski definition) is 5. The zero-order valence-electron chi connectivity index (χ0n) is 11.0. The van der Waals surface area contributed by atoms with E-state index in [1.54, 1.807) is 25.3 Å². The van der Waals surface area contributed by atoms with Gasteiger partial charge in [0.25, 0.3) is 0 Å². The van der Waals surface area contributed by atoms with E-state index in [1.165, 1.54) is 7.11 Å². The molecule has 0 aromatic carbocycles. The van der Waals surface area contributed by atoms with Crippen molar-refractivity contribution in [1.29, 1.82) is 0 Å². The smallest absolute Gasteiger partial charge is 0.339 e. The van der Waals surface area contributed by atoms with E-state index in [1.807, 2.05) is 6.92 Å². The quantitative estimate of drug-likeness (QED) is 0.742. The van der Waals surface area contributed by atoms with Crippen molar-refractivity contribution in [1.82, 2.24) is 10.3 Å². The number of methoxy groups -OCH3 is 1. The molecule has 0 radical (unpaired) electrons. The van der Waals surface area contributed by atoms with E-state index in [4.69, 9.17) is 4.74 Å². The number of nitrogens with one attached hydrogen (secondary N) is 1. The van der Waals surface area contributed by atoms with Gasteiger partial charge in [-0.15, -0.1) is 0 Å². The standard InChI is InChI=1S/C13H20N2O3/c1-9(7-10(2)16)15-8-12-11(13(17)18-3)5-4-6-14-12/h4-6,9-10,15-16H,7-8H2,1-3H3. The van der Waals surface area contributed by atoms with Gasteiger partial charge in [-0.3, -0.25) is 4.98 Å². The van der Waals surface area contributed by atoms with Gasteiger partial charge in [0, 0.05) is 18.8 Å². The summed E-state index contributed by atoms with van der Waals surface area (Å²) in [5.41, 5.74) is 1.12. The topological polar surface area (TPSA) is 71.5 Å². The number of pyridine rings is 1. The van der Waals surface area contributed by atoms with Crippen molar-refractivity contribution >= 4 is 5.97 Å². The first kappa shape index (κ1) is 14.6. The number of ether oxygens (including phenoxy) is 1. The normalized spacial score (nSPS) is 14.0. The third kappa shape index (κ3) is 4.43. The Morgan fingerprint density at radius 1 is 1.56 bits per heavy atom. The van der Waals surface area contributed by atoms with Crippen LogP contribution in [0.4, 0.5) is 0 Å². The lowest BCUT2D eigenvalue weighted by molar-refractivity contribution is 0.0598. The number of rotatable bonds is 6. The lowest BCUT2D eigenvalue weighted by Gasteiger charge is -2.15. The average Bonchev–Trinajstić information content (AvgIpc) is 2.35. The van der Waals surface area contributed by atoms with Crippen LogP contribution in [0.2, 0.25) is 0 Å². The van der Waals surface area contributed by atoms with Gasteiger partial charge in [0.1, 0.15) is 0 Å². The average molecular weight is 252 g/mol. The van der Waals surface area contributed by atoms with Crippen LogP contribution in [0.5, 0.6) is 0 Å². The van der Waals surface area contributed by atoms with Crippen molar-refractivity contribution in [3.05, 3.63) is 29.6 Å². The number of carbonyl (C=O) groups is 1. The van der Waals surface area contributed by atoms with Gasteiger partial charge in [0.2, 0.25) is 0 Å². The fourth-order valence-electron chi connectivity index (χ4n) is 1.74. The van der Waals surface area contributed by atoms with Crippen LogP contribution >= 0.6 is 0 Å². The summed E-state index contributed by atoms with van der Waals surface area (Å²) in [5.74, 6) is -0.386. The number of aromatic nitrogens is 1. The summed E-state index contributed by atoms with van der Waals surface area (Å²) in [7, 11) is 1.35. The van der Waals surface area contributed by atoms with Crippen molar-refractivity contribution in [2.45, 2.75) is 39.0 Å². The monoisotopic (exact) mass is 252 g/mol. The summed E-state index contributed by atoms with van der Waals surface area (Å²) >= 11 is 0. The van der Waals surface area contributed by atoms with Crippen molar-refractivity contribution in [3.63, 3.8) is 0 Å². The van der Waals surface area contributed by atoms with E-state index in [9.17, 15) is 9.90 Å². The first-order chi connectivity index (χ1) is 8.54. The summed E-state index contributed by atoms with van der Waals surface area (Å²) in [6.45, 7) is 4.20. The van der Waals surface area contributed by atoms with Crippen LogP contribution < -0.4 is 5.32 Å². The summed E-state index contributed by atoms with van der Waals surface area (Å²) in [6.07, 6.45) is 1.94. The Kier molecular flexibility index (Phi) is 5.74. The van der Waals surface area contributed by atoms with E-state index in [0.29, 0.717) is 24.2 Å². The molecule has 1 aromatic rings. The first-order valence-corrected chi connectivity index (χ1v) is 5.98. The molecule has 0 aliphatic carbocycles. The molecule has 5 nitrogen and oxygen atoms in total. The number of hydrogen-bond donors (Lipinski definition) is 2. The largest absolute Gasteiger partial charge is 0.465 e. The van der Waals surface area contributed by atoms with Crippen LogP contribution in [-0.2, 0) is 11.3 Å². The maximum absolute atomic E-state index is 11.5. The second-order valence-corrected chi connectivity index (χ2v) is 4.36. The second-order valence-electron chi connectivity index (χ2n) is 4.36. The van der Waals surface area contributed by atoms with Gasteiger partial charge in [-0.25, -0.2) is 4.79 Å². The van der Waals surface area contributed by atoms with Crippen molar-refractivity contribution in [3.8, 4) is 0 Å². The van der Waals surface area contributed by atoms with Crippen LogP contribution in [0.15, 0.2) is 18.3 Å². The van der Waals surface area contributed by atoms with Gasteiger partial charge < -0.3 is 15.2 Å². The molecule has 1 aromatic heterocycles. The molecule has 0 aliphatic heterocycles. The van der Waals surface area contributed by atoms with Crippen LogP contribution in [0.1, 0.15) is 36.3 Å². The Labute approximate surface area is 107 Å². The summed E-state index contributed by atoms with van der Waals surface area (Å²) in [6, 6.07) is 3.54. The molecule has 2 N–H and O–H groups in total. The second kappa shape index (κ2) is 7.08. The zero-order valence-corrected chi connectivity index (χ0v) is 11.0. The van der Waals surface area contributed by atoms with Crippen LogP contribution in [0, 0.1) is 0 Å². The highest BCUT2D eigenvalue weighted by Gasteiger charge is 2.13. The van der Waals surface area contributed by atoms with Gasteiger partial charge in [0.05, 0.1) is 24.5 Å². The number of aliphatic hydroxyl groups excluding tert-OH is 1. The van der Waals surface area contributed by atoms with E-state index < -0.39 is 0 Å².